The van der Waals surface area contributed by atoms with Crippen molar-refractivity contribution in [1.82, 2.24) is 14.8 Å². The molecule has 0 radical (unpaired) electrons. The molecular weight excluding hydrogens is 380 g/mol. The predicted octanol–water partition coefficient (Wildman–Crippen LogP) is 1.58. The van der Waals surface area contributed by atoms with E-state index in [0.29, 0.717) is 16.7 Å². The summed E-state index contributed by atoms with van der Waals surface area (Å²) < 4.78 is 6.95. The number of carbonyl (C=O) groups excluding carboxylic acids is 2. The van der Waals surface area contributed by atoms with E-state index in [1.165, 1.54) is 30.0 Å². The van der Waals surface area contributed by atoms with Gasteiger partial charge >= 0.3 is 0 Å². The second kappa shape index (κ2) is 8.57. The van der Waals surface area contributed by atoms with Crippen LogP contribution in [0.4, 0.5) is 5.69 Å². The first-order chi connectivity index (χ1) is 13.5. The number of nitrogens with zero attached hydrogens (tertiary/aromatic N) is 3. The van der Waals surface area contributed by atoms with E-state index in [0.717, 1.165) is 11.3 Å². The number of carboxylic acid groups (broad SMARTS) is 1. The van der Waals surface area contributed by atoms with Crippen molar-refractivity contribution in [2.45, 2.75) is 5.16 Å². The van der Waals surface area contributed by atoms with Gasteiger partial charge in [0.2, 0.25) is 5.91 Å². The maximum Gasteiger partial charge on any atom is 0.234 e. The van der Waals surface area contributed by atoms with Crippen LogP contribution in [-0.2, 0) is 11.8 Å². The molecule has 1 N–H and O–H groups in total. The zero-order valence-electron chi connectivity index (χ0n) is 15.2. The number of rotatable bonds is 7. The highest BCUT2D eigenvalue weighted by molar-refractivity contribution is 7.99. The van der Waals surface area contributed by atoms with E-state index in [9.17, 15) is 14.7 Å². The molecule has 8 nitrogen and oxygen atoms in total. The molecule has 9 heteroatoms. The number of ether oxygens (including phenoxy) is 1. The monoisotopic (exact) mass is 397 g/mol. The Morgan fingerprint density at radius 3 is 2.61 bits per heavy atom. The van der Waals surface area contributed by atoms with Gasteiger partial charge in [-0.3, -0.25) is 4.79 Å². The number of methoxy groups -OCH3 is 1. The fourth-order valence-electron chi connectivity index (χ4n) is 2.48. The average Bonchev–Trinajstić information content (AvgIpc) is 3.07. The number of aromatic nitrogens is 3. The van der Waals surface area contributed by atoms with E-state index < -0.39 is 5.97 Å². The Labute approximate surface area is 165 Å². The Morgan fingerprint density at radius 1 is 1.18 bits per heavy atom. The second-order valence-corrected chi connectivity index (χ2v) is 6.74. The molecular formula is C19H17N4O4S-. The number of thioether (sulfide) groups is 1. The standard InChI is InChI=1S/C19H18N4O4S/c1-23-17(12-6-8-15(27-2)9-7-12)21-22-19(23)28-11-16(24)20-14-5-3-4-13(10-14)18(25)26/h3-10H,11H2,1-2H3,(H,20,24)(H,25,26)/p-1. The number of carbonyl (C=O) groups is 2. The van der Waals surface area contributed by atoms with Gasteiger partial charge in [0, 0.05) is 18.3 Å². The molecule has 0 fully saturated rings. The number of amides is 1. The molecule has 0 saturated heterocycles. The number of hydrogen-bond acceptors (Lipinski definition) is 7. The van der Waals surface area contributed by atoms with E-state index in [2.05, 4.69) is 15.5 Å². The van der Waals surface area contributed by atoms with Crippen LogP contribution in [0, 0.1) is 0 Å². The first kappa shape index (κ1) is 19.4. The van der Waals surface area contributed by atoms with Gasteiger partial charge in [-0.2, -0.15) is 0 Å². The molecule has 0 saturated carbocycles. The molecule has 1 heterocycles. The summed E-state index contributed by atoms with van der Waals surface area (Å²) in [5.74, 6) is -0.0540. The van der Waals surface area contributed by atoms with Crippen molar-refractivity contribution in [2.75, 3.05) is 18.2 Å². The minimum absolute atomic E-state index is 0.00267. The van der Waals surface area contributed by atoms with Crippen molar-refractivity contribution in [1.29, 1.82) is 0 Å². The smallest absolute Gasteiger partial charge is 0.234 e. The summed E-state index contributed by atoms with van der Waals surface area (Å²) in [6, 6.07) is 13.3. The molecule has 0 bridgehead atoms. The largest absolute Gasteiger partial charge is 0.545 e. The molecule has 0 aliphatic heterocycles. The lowest BCUT2D eigenvalue weighted by Gasteiger charge is -2.08. The fourth-order valence-corrected chi connectivity index (χ4v) is 3.19. The summed E-state index contributed by atoms with van der Waals surface area (Å²) in [7, 11) is 3.43. The van der Waals surface area contributed by atoms with Crippen molar-refractivity contribution in [2.24, 2.45) is 7.05 Å². The molecule has 0 unspecified atom stereocenters. The van der Waals surface area contributed by atoms with Crippen molar-refractivity contribution < 1.29 is 19.4 Å². The van der Waals surface area contributed by atoms with Crippen LogP contribution >= 0.6 is 11.8 Å². The number of anilines is 1. The number of carboxylic acids is 1. The summed E-state index contributed by atoms with van der Waals surface area (Å²) in [4.78, 5) is 23.0. The van der Waals surface area contributed by atoms with E-state index in [4.69, 9.17) is 4.74 Å². The van der Waals surface area contributed by atoms with Crippen LogP contribution in [0.1, 0.15) is 10.4 Å². The molecule has 0 aliphatic carbocycles. The van der Waals surface area contributed by atoms with Crippen LogP contribution < -0.4 is 15.2 Å². The van der Waals surface area contributed by atoms with E-state index in [-0.39, 0.29) is 17.2 Å². The summed E-state index contributed by atoms with van der Waals surface area (Å²) in [6.45, 7) is 0. The van der Waals surface area contributed by atoms with Crippen LogP contribution in [0.25, 0.3) is 11.4 Å². The summed E-state index contributed by atoms with van der Waals surface area (Å²) in [5, 5.41) is 22.4. The van der Waals surface area contributed by atoms with Gasteiger partial charge in [-0.25, -0.2) is 0 Å². The zero-order chi connectivity index (χ0) is 20.1. The molecule has 3 rings (SSSR count). The maximum absolute atomic E-state index is 12.2. The Bertz CT molecular complexity index is 1000. The molecule has 1 amide bonds. The molecule has 0 atom stereocenters. The van der Waals surface area contributed by atoms with Crippen LogP contribution in [-0.4, -0.2) is 39.5 Å². The minimum atomic E-state index is -1.30. The van der Waals surface area contributed by atoms with E-state index >= 15 is 0 Å². The van der Waals surface area contributed by atoms with Crippen LogP contribution in [0.5, 0.6) is 5.75 Å². The Hall–Kier alpha value is -3.33. The average molecular weight is 397 g/mol. The van der Waals surface area contributed by atoms with Gasteiger partial charge in [-0.1, -0.05) is 23.9 Å². The van der Waals surface area contributed by atoms with Gasteiger partial charge in [-0.15, -0.1) is 10.2 Å². The quantitative estimate of drug-likeness (QED) is 0.603. The second-order valence-electron chi connectivity index (χ2n) is 5.80. The number of nitrogens with one attached hydrogen (secondary N) is 1. The van der Waals surface area contributed by atoms with Gasteiger partial charge < -0.3 is 24.5 Å². The van der Waals surface area contributed by atoms with Gasteiger partial charge in [-0.05, 0) is 42.0 Å². The Kier molecular flexibility index (Phi) is 5.95. The molecule has 2 aromatic carbocycles. The Morgan fingerprint density at radius 2 is 1.93 bits per heavy atom. The summed E-state index contributed by atoms with van der Waals surface area (Å²) in [5.41, 5.74) is 1.28. The third kappa shape index (κ3) is 4.49. The molecule has 28 heavy (non-hydrogen) atoms. The molecule has 1 aromatic heterocycles. The van der Waals surface area contributed by atoms with E-state index in [1.54, 1.807) is 17.7 Å². The first-order valence-corrected chi connectivity index (χ1v) is 9.24. The lowest BCUT2D eigenvalue weighted by molar-refractivity contribution is -0.255. The molecule has 0 aliphatic rings. The highest BCUT2D eigenvalue weighted by Crippen LogP contribution is 2.24. The normalized spacial score (nSPS) is 10.5. The highest BCUT2D eigenvalue weighted by Gasteiger charge is 2.13. The maximum atomic E-state index is 12.2. The van der Waals surface area contributed by atoms with E-state index in [1.807, 2.05) is 31.3 Å². The molecule has 3 aromatic rings. The van der Waals surface area contributed by atoms with Crippen molar-refractivity contribution in [3.05, 3.63) is 54.1 Å². The van der Waals surface area contributed by atoms with Crippen molar-refractivity contribution >= 4 is 29.3 Å². The van der Waals surface area contributed by atoms with Crippen LogP contribution in [0.3, 0.4) is 0 Å². The zero-order valence-corrected chi connectivity index (χ0v) is 16.0. The number of aromatic carboxylic acids is 1. The molecule has 0 spiro atoms. The highest BCUT2D eigenvalue weighted by atomic mass is 32.2. The van der Waals surface area contributed by atoms with Crippen molar-refractivity contribution in [3.63, 3.8) is 0 Å². The van der Waals surface area contributed by atoms with Gasteiger partial charge in [0.15, 0.2) is 11.0 Å². The fraction of sp³-hybridized carbons (Fsp3) is 0.158. The predicted molar refractivity (Wildman–Crippen MR) is 103 cm³/mol. The van der Waals surface area contributed by atoms with Gasteiger partial charge in [0.25, 0.3) is 0 Å². The lowest BCUT2D eigenvalue weighted by atomic mass is 10.2. The minimum Gasteiger partial charge on any atom is -0.545 e. The van der Waals surface area contributed by atoms with Crippen molar-refractivity contribution in [3.8, 4) is 17.1 Å². The summed E-state index contributed by atoms with van der Waals surface area (Å²) >= 11 is 1.23. The third-order valence-electron chi connectivity index (χ3n) is 3.90. The topological polar surface area (TPSA) is 109 Å². The van der Waals surface area contributed by atoms with Crippen LogP contribution in [0.2, 0.25) is 0 Å². The third-order valence-corrected chi connectivity index (χ3v) is 4.92. The molecule has 144 valence electrons. The SMILES string of the molecule is COc1ccc(-c2nnc(SCC(=O)Nc3cccc(C(=O)[O-])c3)n2C)cc1. The number of benzene rings is 2. The van der Waals surface area contributed by atoms with Crippen LogP contribution in [0.15, 0.2) is 53.7 Å². The summed E-state index contributed by atoms with van der Waals surface area (Å²) in [6.07, 6.45) is 0. The lowest BCUT2D eigenvalue weighted by Crippen LogP contribution is -2.22. The Balaban J connectivity index is 1.63. The first-order valence-electron chi connectivity index (χ1n) is 8.26. The number of hydrogen-bond donors (Lipinski definition) is 1. The van der Waals surface area contributed by atoms with Gasteiger partial charge in [0.1, 0.15) is 5.75 Å². The van der Waals surface area contributed by atoms with Gasteiger partial charge in [0.05, 0.1) is 18.8 Å².